The zero-order valence-corrected chi connectivity index (χ0v) is 14.6. The molecule has 2 aromatic carbocycles. The highest BCUT2D eigenvalue weighted by molar-refractivity contribution is 5.94. The first kappa shape index (κ1) is 18.1. The fourth-order valence-electron chi connectivity index (χ4n) is 2.48. The van der Waals surface area contributed by atoms with Crippen LogP contribution in [0.1, 0.15) is 10.4 Å². The fourth-order valence-corrected chi connectivity index (χ4v) is 2.48. The number of aromatic amines is 2. The van der Waals surface area contributed by atoms with Crippen LogP contribution in [0.25, 0.3) is 11.0 Å². The first-order chi connectivity index (χ1) is 13.0. The third-order valence-electron chi connectivity index (χ3n) is 3.74. The average Bonchev–Trinajstić information content (AvgIpc) is 3.04. The second-order valence-corrected chi connectivity index (χ2v) is 5.53. The van der Waals surface area contributed by atoms with Gasteiger partial charge in [-0.1, -0.05) is 0 Å². The number of methoxy groups -OCH3 is 2. The van der Waals surface area contributed by atoms with Gasteiger partial charge in [-0.05, 0) is 36.4 Å². The van der Waals surface area contributed by atoms with Crippen molar-refractivity contribution >= 4 is 28.6 Å². The number of imidazole rings is 1. The molecule has 3 N–H and O–H groups in total. The van der Waals surface area contributed by atoms with Gasteiger partial charge in [-0.15, -0.1) is 0 Å². The number of esters is 1. The maximum Gasteiger partial charge on any atom is 0.337 e. The topological polar surface area (TPSA) is 123 Å². The number of fused-ring (bicyclic) bond motifs is 1. The highest BCUT2D eigenvalue weighted by Gasteiger charge is 2.13. The molecule has 0 aliphatic heterocycles. The zero-order chi connectivity index (χ0) is 19.4. The fraction of sp³-hybridized carbons (Fsp3) is 0.167. The van der Waals surface area contributed by atoms with E-state index in [1.54, 1.807) is 18.2 Å². The maximum absolute atomic E-state index is 12.1. The van der Waals surface area contributed by atoms with Gasteiger partial charge in [0.25, 0.3) is 5.91 Å². The summed E-state index contributed by atoms with van der Waals surface area (Å²) in [5, 5.41) is 2.67. The van der Waals surface area contributed by atoms with E-state index in [-0.39, 0.29) is 12.3 Å². The lowest BCUT2D eigenvalue weighted by Crippen LogP contribution is -2.20. The smallest absolute Gasteiger partial charge is 0.337 e. The van der Waals surface area contributed by atoms with Crippen LogP contribution in [0.4, 0.5) is 5.69 Å². The van der Waals surface area contributed by atoms with Gasteiger partial charge < -0.3 is 29.5 Å². The lowest BCUT2D eigenvalue weighted by atomic mass is 10.2. The van der Waals surface area contributed by atoms with Crippen molar-refractivity contribution in [1.29, 1.82) is 0 Å². The SMILES string of the molecule is COC(=O)c1ccc(OCC(=O)Nc2ccc3[nH]c(=O)[nH]c3c2)c(OC)c1. The molecule has 3 rings (SSSR count). The van der Waals surface area contributed by atoms with Crippen molar-refractivity contribution in [2.75, 3.05) is 26.1 Å². The van der Waals surface area contributed by atoms with E-state index >= 15 is 0 Å². The second kappa shape index (κ2) is 7.65. The van der Waals surface area contributed by atoms with E-state index in [1.807, 2.05) is 0 Å². The molecule has 0 unspecified atom stereocenters. The Morgan fingerprint density at radius 3 is 2.52 bits per heavy atom. The summed E-state index contributed by atoms with van der Waals surface area (Å²) >= 11 is 0. The highest BCUT2D eigenvalue weighted by Crippen LogP contribution is 2.28. The number of carbonyl (C=O) groups is 2. The standard InChI is InChI=1S/C18H17N3O6/c1-25-15-7-10(17(23)26-2)3-6-14(15)27-9-16(22)19-11-4-5-12-13(8-11)21-18(24)20-12/h3-8H,9H2,1-2H3,(H,19,22)(H2,20,21,24). The summed E-state index contributed by atoms with van der Waals surface area (Å²) < 4.78 is 15.3. The minimum Gasteiger partial charge on any atom is -0.493 e. The van der Waals surface area contributed by atoms with Gasteiger partial charge in [0.1, 0.15) is 0 Å². The molecule has 27 heavy (non-hydrogen) atoms. The molecule has 0 saturated heterocycles. The van der Waals surface area contributed by atoms with Crippen LogP contribution >= 0.6 is 0 Å². The van der Waals surface area contributed by atoms with Gasteiger partial charge in [0, 0.05) is 5.69 Å². The first-order valence-corrected chi connectivity index (χ1v) is 7.91. The molecular weight excluding hydrogens is 354 g/mol. The van der Waals surface area contributed by atoms with Gasteiger partial charge >= 0.3 is 11.7 Å². The number of hydrogen-bond donors (Lipinski definition) is 3. The minimum absolute atomic E-state index is 0.268. The van der Waals surface area contributed by atoms with Crippen molar-refractivity contribution in [3.63, 3.8) is 0 Å². The number of carbonyl (C=O) groups excluding carboxylic acids is 2. The third kappa shape index (κ3) is 4.09. The van der Waals surface area contributed by atoms with Gasteiger partial charge in [-0.2, -0.15) is 0 Å². The molecule has 1 aromatic heterocycles. The number of aromatic nitrogens is 2. The Kier molecular flexibility index (Phi) is 5.11. The van der Waals surface area contributed by atoms with Crippen LogP contribution in [0.3, 0.4) is 0 Å². The lowest BCUT2D eigenvalue weighted by Gasteiger charge is -2.12. The number of amides is 1. The molecule has 0 bridgehead atoms. The van der Waals surface area contributed by atoms with Crippen molar-refractivity contribution in [3.05, 3.63) is 52.4 Å². The molecule has 0 atom stereocenters. The Balaban J connectivity index is 1.65. The molecule has 1 heterocycles. The number of anilines is 1. The molecule has 0 saturated carbocycles. The van der Waals surface area contributed by atoms with E-state index in [9.17, 15) is 14.4 Å². The van der Waals surface area contributed by atoms with Crippen molar-refractivity contribution in [2.45, 2.75) is 0 Å². The van der Waals surface area contributed by atoms with Crippen molar-refractivity contribution < 1.29 is 23.8 Å². The molecule has 9 heteroatoms. The average molecular weight is 371 g/mol. The normalized spacial score (nSPS) is 10.4. The molecule has 0 aliphatic rings. The summed E-state index contributed by atoms with van der Waals surface area (Å²) in [6, 6.07) is 9.48. The summed E-state index contributed by atoms with van der Waals surface area (Å²) in [5.74, 6) is -0.287. The minimum atomic E-state index is -0.504. The number of ether oxygens (including phenoxy) is 3. The number of H-pyrrole nitrogens is 2. The van der Waals surface area contributed by atoms with Crippen molar-refractivity contribution in [3.8, 4) is 11.5 Å². The Bertz CT molecular complexity index is 1050. The maximum atomic E-state index is 12.1. The van der Waals surface area contributed by atoms with E-state index in [1.165, 1.54) is 32.4 Å². The second-order valence-electron chi connectivity index (χ2n) is 5.53. The molecule has 0 fully saturated rings. The lowest BCUT2D eigenvalue weighted by molar-refractivity contribution is -0.118. The van der Waals surface area contributed by atoms with E-state index in [0.29, 0.717) is 33.8 Å². The van der Waals surface area contributed by atoms with Gasteiger partial charge in [0.15, 0.2) is 18.1 Å². The van der Waals surface area contributed by atoms with E-state index in [2.05, 4.69) is 20.0 Å². The van der Waals surface area contributed by atoms with Crippen LogP contribution < -0.4 is 20.5 Å². The number of rotatable bonds is 6. The number of nitrogens with one attached hydrogen (secondary N) is 3. The molecule has 0 spiro atoms. The molecule has 0 radical (unpaired) electrons. The van der Waals surface area contributed by atoms with Gasteiger partial charge in [-0.25, -0.2) is 9.59 Å². The third-order valence-corrected chi connectivity index (χ3v) is 3.74. The molecule has 9 nitrogen and oxygen atoms in total. The zero-order valence-electron chi connectivity index (χ0n) is 14.6. The van der Waals surface area contributed by atoms with Crippen LogP contribution in [0, 0.1) is 0 Å². The van der Waals surface area contributed by atoms with Gasteiger partial charge in [0.2, 0.25) is 0 Å². The summed E-state index contributed by atoms with van der Waals surface area (Å²) in [6.45, 7) is -0.268. The molecule has 3 aromatic rings. The Morgan fingerprint density at radius 1 is 1.00 bits per heavy atom. The monoisotopic (exact) mass is 371 g/mol. The quantitative estimate of drug-likeness (QED) is 0.567. The van der Waals surface area contributed by atoms with Crippen molar-refractivity contribution in [1.82, 2.24) is 9.97 Å². The summed E-state index contributed by atoms with van der Waals surface area (Å²) in [4.78, 5) is 40.2. The van der Waals surface area contributed by atoms with Gasteiger partial charge in [-0.3, -0.25) is 4.79 Å². The Hall–Kier alpha value is -3.75. The molecule has 0 aliphatic carbocycles. The van der Waals surface area contributed by atoms with E-state index in [4.69, 9.17) is 9.47 Å². The number of hydrogen-bond acceptors (Lipinski definition) is 6. The van der Waals surface area contributed by atoms with Crippen LogP contribution in [-0.4, -0.2) is 42.7 Å². The number of benzene rings is 2. The predicted octanol–water partition coefficient (Wildman–Crippen LogP) is 1.67. The van der Waals surface area contributed by atoms with Crippen LogP contribution in [0.15, 0.2) is 41.2 Å². The van der Waals surface area contributed by atoms with Crippen molar-refractivity contribution in [2.24, 2.45) is 0 Å². The van der Waals surface area contributed by atoms with Crippen LogP contribution in [0.2, 0.25) is 0 Å². The molecule has 140 valence electrons. The largest absolute Gasteiger partial charge is 0.493 e. The molecule has 1 amide bonds. The Labute approximate surface area is 153 Å². The van der Waals surface area contributed by atoms with E-state index < -0.39 is 11.9 Å². The first-order valence-electron chi connectivity index (χ1n) is 7.91. The van der Waals surface area contributed by atoms with Crippen LogP contribution in [-0.2, 0) is 9.53 Å². The Morgan fingerprint density at radius 2 is 1.78 bits per heavy atom. The highest BCUT2D eigenvalue weighted by atomic mass is 16.5. The molecular formula is C18H17N3O6. The summed E-state index contributed by atoms with van der Waals surface area (Å²) in [7, 11) is 2.71. The predicted molar refractivity (Wildman–Crippen MR) is 97.4 cm³/mol. The summed E-state index contributed by atoms with van der Waals surface area (Å²) in [5.41, 5.74) is 1.72. The van der Waals surface area contributed by atoms with E-state index in [0.717, 1.165) is 0 Å². The van der Waals surface area contributed by atoms with Gasteiger partial charge in [0.05, 0.1) is 30.8 Å². The van der Waals surface area contributed by atoms with Crippen LogP contribution in [0.5, 0.6) is 11.5 Å². The summed E-state index contributed by atoms with van der Waals surface area (Å²) in [6.07, 6.45) is 0.